The lowest BCUT2D eigenvalue weighted by Gasteiger charge is -2.33. The number of ether oxygens (including phenoxy) is 2. The first-order valence-electron chi connectivity index (χ1n) is 8.58. The van der Waals surface area contributed by atoms with Crippen LogP contribution in [0.15, 0.2) is 36.5 Å². The molecule has 1 aromatic heterocycles. The van der Waals surface area contributed by atoms with E-state index in [0.29, 0.717) is 29.9 Å². The lowest BCUT2D eigenvalue weighted by Crippen LogP contribution is -2.46. The van der Waals surface area contributed by atoms with Crippen LogP contribution in [-0.2, 0) is 0 Å². The fourth-order valence-electron chi connectivity index (χ4n) is 3.04. The molecule has 1 fully saturated rings. The van der Waals surface area contributed by atoms with Gasteiger partial charge in [-0.15, -0.1) is 16.7 Å². The molecule has 0 saturated heterocycles. The van der Waals surface area contributed by atoms with Gasteiger partial charge < -0.3 is 14.8 Å². The molecule has 3 atom stereocenters. The van der Waals surface area contributed by atoms with Crippen molar-refractivity contribution in [1.29, 1.82) is 5.26 Å². The van der Waals surface area contributed by atoms with Crippen molar-refractivity contribution in [1.82, 2.24) is 15.5 Å². The summed E-state index contributed by atoms with van der Waals surface area (Å²) in [5.74, 6) is 0.819. The van der Waals surface area contributed by atoms with Crippen LogP contribution in [0, 0.1) is 11.3 Å². The highest BCUT2D eigenvalue weighted by molar-refractivity contribution is 6.21. The van der Waals surface area contributed by atoms with Crippen LogP contribution in [0.1, 0.15) is 35.3 Å². The minimum absolute atomic E-state index is 0.0742. The second-order valence-corrected chi connectivity index (χ2v) is 6.79. The van der Waals surface area contributed by atoms with Crippen LogP contribution in [-0.4, -0.2) is 40.7 Å². The lowest BCUT2D eigenvalue weighted by atomic mass is 9.92. The summed E-state index contributed by atoms with van der Waals surface area (Å²) in [5.41, 5.74) is 0.722. The number of nitrogens with one attached hydrogen (secondary N) is 1. The number of carbonyl (C=O) groups excluding carboxylic acids is 1. The Labute approximate surface area is 162 Å². The number of carbonyl (C=O) groups is 1. The third kappa shape index (κ3) is 4.66. The molecule has 3 unspecified atom stereocenters. The fraction of sp³-hybridized carbons (Fsp3) is 0.368. The normalized spacial score (nSPS) is 21.7. The Hall–Kier alpha value is -2.85. The number of nitrogens with zero attached hydrogens (tertiary/aromatic N) is 3. The predicted octanol–water partition coefficient (Wildman–Crippen LogP) is 2.69. The van der Waals surface area contributed by atoms with E-state index in [1.54, 1.807) is 30.3 Å². The van der Waals surface area contributed by atoms with Crippen LogP contribution in [0.5, 0.6) is 11.5 Å². The van der Waals surface area contributed by atoms with Gasteiger partial charge in [-0.2, -0.15) is 10.4 Å². The maximum Gasteiger partial charge on any atom is 0.272 e. The van der Waals surface area contributed by atoms with Crippen molar-refractivity contribution in [2.45, 2.75) is 36.8 Å². The van der Waals surface area contributed by atoms with Gasteiger partial charge in [0.1, 0.15) is 23.7 Å². The molecule has 0 radical (unpaired) electrons. The van der Waals surface area contributed by atoms with Crippen LogP contribution < -0.4 is 14.8 Å². The molecular formula is C19H19ClN4O3. The second-order valence-electron chi connectivity index (χ2n) is 6.23. The summed E-state index contributed by atoms with van der Waals surface area (Å²) in [4.78, 5) is 12.2. The number of rotatable bonds is 5. The molecule has 0 spiro atoms. The number of hydrogen-bond acceptors (Lipinski definition) is 6. The van der Waals surface area contributed by atoms with E-state index in [-0.39, 0.29) is 29.1 Å². The smallest absolute Gasteiger partial charge is 0.272 e. The number of hydrogen-bond donors (Lipinski definition) is 1. The first-order chi connectivity index (χ1) is 13.1. The van der Waals surface area contributed by atoms with Gasteiger partial charge in [-0.1, -0.05) is 0 Å². The molecule has 1 aliphatic carbocycles. The third-order valence-electron chi connectivity index (χ3n) is 4.44. The second kappa shape index (κ2) is 8.69. The van der Waals surface area contributed by atoms with Gasteiger partial charge in [-0.05, 0) is 37.1 Å². The average Bonchev–Trinajstić information content (AvgIpc) is 2.70. The largest absolute Gasteiger partial charge is 0.495 e. The van der Waals surface area contributed by atoms with Crippen molar-refractivity contribution < 1.29 is 14.3 Å². The highest BCUT2D eigenvalue weighted by Gasteiger charge is 2.31. The van der Waals surface area contributed by atoms with Crippen molar-refractivity contribution in [2.75, 3.05) is 7.11 Å². The minimum Gasteiger partial charge on any atom is -0.495 e. The molecular weight excluding hydrogens is 368 g/mol. The summed E-state index contributed by atoms with van der Waals surface area (Å²) < 4.78 is 11.2. The molecule has 7 nitrogen and oxygen atoms in total. The molecule has 1 amide bonds. The number of alkyl halides is 1. The summed E-state index contributed by atoms with van der Waals surface area (Å²) in [7, 11) is 1.51. The number of amides is 1. The highest BCUT2D eigenvalue weighted by Crippen LogP contribution is 2.30. The van der Waals surface area contributed by atoms with Crippen LogP contribution in [0.2, 0.25) is 0 Å². The molecule has 1 aromatic carbocycles. The van der Waals surface area contributed by atoms with Crippen LogP contribution in [0.25, 0.3) is 0 Å². The van der Waals surface area contributed by atoms with E-state index in [2.05, 4.69) is 21.6 Å². The van der Waals surface area contributed by atoms with E-state index >= 15 is 0 Å². The van der Waals surface area contributed by atoms with E-state index in [9.17, 15) is 4.79 Å². The van der Waals surface area contributed by atoms with Gasteiger partial charge in [0.2, 0.25) is 0 Å². The monoisotopic (exact) mass is 386 g/mol. The topological polar surface area (TPSA) is 97.1 Å². The summed E-state index contributed by atoms with van der Waals surface area (Å²) in [6.45, 7) is 0. The van der Waals surface area contributed by atoms with Crippen LogP contribution in [0.3, 0.4) is 0 Å². The number of halogens is 1. The van der Waals surface area contributed by atoms with E-state index in [4.69, 9.17) is 26.3 Å². The van der Waals surface area contributed by atoms with Gasteiger partial charge in [0.05, 0.1) is 18.1 Å². The molecule has 1 saturated carbocycles. The summed E-state index contributed by atoms with van der Waals surface area (Å²) in [6.07, 6.45) is 3.47. The Bertz CT molecular complexity index is 841. The SMILES string of the molecule is COc1cc(OC2CCC(NC(=O)c3cccnn3)C(Cl)C2)ccc1C#N. The number of benzene rings is 1. The maximum absolute atomic E-state index is 12.2. The van der Waals surface area contributed by atoms with E-state index in [1.807, 2.05) is 0 Å². The van der Waals surface area contributed by atoms with Gasteiger partial charge >= 0.3 is 0 Å². The number of aromatic nitrogens is 2. The van der Waals surface area contributed by atoms with E-state index in [1.165, 1.54) is 13.3 Å². The Balaban J connectivity index is 1.57. The van der Waals surface area contributed by atoms with Crippen molar-refractivity contribution in [3.05, 3.63) is 47.8 Å². The molecule has 8 heteroatoms. The van der Waals surface area contributed by atoms with Crippen molar-refractivity contribution in [3.8, 4) is 17.6 Å². The van der Waals surface area contributed by atoms with Crippen molar-refractivity contribution in [2.24, 2.45) is 0 Å². The van der Waals surface area contributed by atoms with Crippen molar-refractivity contribution in [3.63, 3.8) is 0 Å². The molecule has 140 valence electrons. The third-order valence-corrected chi connectivity index (χ3v) is 4.92. The molecule has 0 aliphatic heterocycles. The van der Waals surface area contributed by atoms with Gasteiger partial charge in [0, 0.05) is 24.7 Å². The lowest BCUT2D eigenvalue weighted by molar-refractivity contribution is 0.0891. The van der Waals surface area contributed by atoms with Crippen LogP contribution >= 0.6 is 11.6 Å². The minimum atomic E-state index is -0.282. The maximum atomic E-state index is 12.2. The molecule has 1 N–H and O–H groups in total. The molecule has 2 aromatic rings. The quantitative estimate of drug-likeness (QED) is 0.793. The Morgan fingerprint density at radius 2 is 2.22 bits per heavy atom. The van der Waals surface area contributed by atoms with Gasteiger partial charge in [0.15, 0.2) is 5.69 Å². The van der Waals surface area contributed by atoms with Gasteiger partial charge in [-0.3, -0.25) is 4.79 Å². The molecule has 0 bridgehead atoms. The average molecular weight is 387 g/mol. The summed E-state index contributed by atoms with van der Waals surface area (Å²) in [5, 5.41) is 19.2. The zero-order chi connectivity index (χ0) is 19.2. The number of nitriles is 1. The van der Waals surface area contributed by atoms with E-state index < -0.39 is 0 Å². The first-order valence-corrected chi connectivity index (χ1v) is 9.01. The molecule has 1 heterocycles. The Morgan fingerprint density at radius 3 is 2.89 bits per heavy atom. The summed E-state index contributed by atoms with van der Waals surface area (Å²) in [6, 6.07) is 10.3. The van der Waals surface area contributed by atoms with Gasteiger partial charge in [-0.25, -0.2) is 0 Å². The number of methoxy groups -OCH3 is 1. The standard InChI is InChI=1S/C19H19ClN4O3/c1-26-18-10-14(5-4-12(18)11-21)27-13-6-7-16(15(20)9-13)23-19(25)17-3-2-8-22-24-17/h2-5,8,10,13,15-16H,6-7,9H2,1H3,(H,23,25). The van der Waals surface area contributed by atoms with Crippen LogP contribution in [0.4, 0.5) is 0 Å². The Kier molecular flexibility index (Phi) is 6.09. The predicted molar refractivity (Wildman–Crippen MR) is 98.9 cm³/mol. The van der Waals surface area contributed by atoms with E-state index in [0.717, 1.165) is 6.42 Å². The fourth-order valence-corrected chi connectivity index (χ4v) is 3.43. The zero-order valence-electron chi connectivity index (χ0n) is 14.8. The first kappa shape index (κ1) is 18.9. The van der Waals surface area contributed by atoms with Crippen molar-refractivity contribution >= 4 is 17.5 Å². The molecule has 1 aliphatic rings. The molecule has 3 rings (SSSR count). The highest BCUT2D eigenvalue weighted by atomic mass is 35.5. The van der Waals surface area contributed by atoms with Gasteiger partial charge in [0.25, 0.3) is 5.91 Å². The summed E-state index contributed by atoms with van der Waals surface area (Å²) >= 11 is 6.48. The Morgan fingerprint density at radius 1 is 1.37 bits per heavy atom. The zero-order valence-corrected chi connectivity index (χ0v) is 15.5. The molecule has 27 heavy (non-hydrogen) atoms.